The number of benzene rings is 1. The number of alkyl halides is 3. The molecule has 1 rings (SSSR count). The van der Waals surface area contributed by atoms with Crippen molar-refractivity contribution < 1.29 is 17.9 Å². The van der Waals surface area contributed by atoms with E-state index in [1.165, 1.54) is 12.1 Å². The molecule has 0 N–H and O–H groups in total. The Balaban J connectivity index is 2.82. The molecule has 0 radical (unpaired) electrons. The number of nitrogens with zero attached hydrogens (tertiary/aromatic N) is 1. The van der Waals surface area contributed by atoms with Crippen LogP contribution in [0, 0.1) is 18.3 Å². The highest BCUT2D eigenvalue weighted by Gasteiger charge is 2.28. The number of nitriles is 1. The summed E-state index contributed by atoms with van der Waals surface area (Å²) in [7, 11) is 0. The zero-order valence-electron chi connectivity index (χ0n) is 7.93. The Morgan fingerprint density at radius 2 is 2.07 bits per heavy atom. The van der Waals surface area contributed by atoms with Crippen molar-refractivity contribution in [2.75, 3.05) is 6.61 Å². The van der Waals surface area contributed by atoms with Crippen LogP contribution < -0.4 is 4.74 Å². The quantitative estimate of drug-likeness (QED) is 0.759. The Hall–Kier alpha value is -1.70. The second-order valence-electron chi connectivity index (χ2n) is 3.02. The predicted molar refractivity (Wildman–Crippen MR) is 47.4 cm³/mol. The van der Waals surface area contributed by atoms with Gasteiger partial charge >= 0.3 is 6.18 Å². The molecule has 0 atom stereocenters. The Bertz CT molecular complexity index is 393. The summed E-state index contributed by atoms with van der Waals surface area (Å²) in [5.74, 6) is -0.0413. The molecular weight excluding hydrogens is 207 g/mol. The summed E-state index contributed by atoms with van der Waals surface area (Å²) in [4.78, 5) is 0. The zero-order valence-corrected chi connectivity index (χ0v) is 7.93. The van der Waals surface area contributed by atoms with E-state index in [-0.39, 0.29) is 11.3 Å². The average molecular weight is 215 g/mol. The minimum absolute atomic E-state index is 0.0413. The fourth-order valence-corrected chi connectivity index (χ4v) is 1.02. The molecule has 0 amide bonds. The summed E-state index contributed by atoms with van der Waals surface area (Å²) in [6.45, 7) is 0.360. The number of hydrogen-bond donors (Lipinski definition) is 0. The summed E-state index contributed by atoms with van der Waals surface area (Å²) < 4.78 is 40.0. The highest BCUT2D eigenvalue weighted by atomic mass is 19.4. The van der Waals surface area contributed by atoms with Crippen LogP contribution in [0.2, 0.25) is 0 Å². The smallest absolute Gasteiger partial charge is 0.422 e. The molecule has 0 saturated carbocycles. The number of halogens is 3. The Kier molecular flexibility index (Phi) is 3.20. The molecule has 2 nitrogen and oxygen atoms in total. The van der Waals surface area contributed by atoms with Crippen molar-refractivity contribution in [3.63, 3.8) is 0 Å². The third kappa shape index (κ3) is 3.50. The van der Waals surface area contributed by atoms with Gasteiger partial charge in [-0.25, -0.2) is 0 Å². The first-order chi connectivity index (χ1) is 6.92. The topological polar surface area (TPSA) is 33.0 Å². The Labute approximate surface area is 84.9 Å². The predicted octanol–water partition coefficient (Wildman–Crippen LogP) is 2.81. The normalized spacial score (nSPS) is 10.9. The Morgan fingerprint density at radius 1 is 1.40 bits per heavy atom. The third-order valence-corrected chi connectivity index (χ3v) is 1.65. The molecule has 0 fully saturated rings. The fraction of sp³-hybridized carbons (Fsp3) is 0.300. The maximum atomic E-state index is 11.8. The molecule has 0 unspecified atom stereocenters. The summed E-state index contributed by atoms with van der Waals surface area (Å²) in [6.07, 6.45) is -4.39. The molecule has 0 heterocycles. The molecule has 0 bridgehead atoms. The largest absolute Gasteiger partial charge is 0.483 e. The van der Waals surface area contributed by atoms with Crippen LogP contribution in [-0.4, -0.2) is 12.8 Å². The van der Waals surface area contributed by atoms with Crippen LogP contribution in [0.4, 0.5) is 13.2 Å². The lowest BCUT2D eigenvalue weighted by Crippen LogP contribution is -2.19. The van der Waals surface area contributed by atoms with Gasteiger partial charge in [0.2, 0.25) is 0 Å². The molecule has 0 spiro atoms. The van der Waals surface area contributed by atoms with Crippen LogP contribution in [0.1, 0.15) is 11.1 Å². The van der Waals surface area contributed by atoms with Crippen molar-refractivity contribution in [1.82, 2.24) is 0 Å². The summed E-state index contributed by atoms with van der Waals surface area (Å²) in [6, 6.07) is 6.21. The van der Waals surface area contributed by atoms with Crippen LogP contribution >= 0.6 is 0 Å². The minimum atomic E-state index is -4.39. The molecule has 0 aliphatic rings. The van der Waals surface area contributed by atoms with E-state index >= 15 is 0 Å². The van der Waals surface area contributed by atoms with Crippen molar-refractivity contribution in [3.05, 3.63) is 29.3 Å². The maximum Gasteiger partial charge on any atom is 0.422 e. The van der Waals surface area contributed by atoms with Crippen molar-refractivity contribution in [2.45, 2.75) is 13.1 Å². The second kappa shape index (κ2) is 4.22. The van der Waals surface area contributed by atoms with Gasteiger partial charge in [0.25, 0.3) is 0 Å². The highest BCUT2D eigenvalue weighted by molar-refractivity contribution is 5.45. The van der Waals surface area contributed by atoms with E-state index in [1.807, 2.05) is 0 Å². The van der Waals surface area contributed by atoms with Gasteiger partial charge in [-0.3, -0.25) is 0 Å². The van der Waals surface area contributed by atoms with Gasteiger partial charge in [-0.1, -0.05) is 6.07 Å². The van der Waals surface area contributed by atoms with Gasteiger partial charge in [0, 0.05) is 0 Å². The van der Waals surface area contributed by atoms with Crippen molar-refractivity contribution in [1.29, 1.82) is 5.26 Å². The number of aryl methyl sites for hydroxylation is 1. The van der Waals surface area contributed by atoms with E-state index < -0.39 is 12.8 Å². The van der Waals surface area contributed by atoms with Gasteiger partial charge in [-0.05, 0) is 24.6 Å². The molecule has 1 aromatic carbocycles. The fourth-order valence-electron chi connectivity index (χ4n) is 1.02. The van der Waals surface area contributed by atoms with E-state index in [4.69, 9.17) is 5.26 Å². The maximum absolute atomic E-state index is 11.8. The van der Waals surface area contributed by atoms with Gasteiger partial charge in [0.1, 0.15) is 11.8 Å². The monoisotopic (exact) mass is 215 g/mol. The lowest BCUT2D eigenvalue weighted by molar-refractivity contribution is -0.153. The number of hydrogen-bond acceptors (Lipinski definition) is 2. The van der Waals surface area contributed by atoms with E-state index in [0.717, 1.165) is 5.56 Å². The van der Waals surface area contributed by atoms with E-state index in [2.05, 4.69) is 4.74 Å². The molecule has 5 heteroatoms. The molecular formula is C10H8F3NO. The molecule has 80 valence electrons. The summed E-state index contributed by atoms with van der Waals surface area (Å²) in [5, 5.41) is 8.66. The minimum Gasteiger partial charge on any atom is -0.483 e. The number of ether oxygens (including phenoxy) is 1. The highest BCUT2D eigenvalue weighted by Crippen LogP contribution is 2.22. The van der Waals surface area contributed by atoms with Gasteiger partial charge < -0.3 is 4.74 Å². The van der Waals surface area contributed by atoms with Crippen LogP contribution in [0.15, 0.2) is 18.2 Å². The summed E-state index contributed by atoms with van der Waals surface area (Å²) >= 11 is 0. The first-order valence-electron chi connectivity index (χ1n) is 4.12. The third-order valence-electron chi connectivity index (χ3n) is 1.65. The molecule has 15 heavy (non-hydrogen) atoms. The van der Waals surface area contributed by atoms with Gasteiger partial charge in [0.15, 0.2) is 6.61 Å². The van der Waals surface area contributed by atoms with Crippen molar-refractivity contribution in [2.24, 2.45) is 0 Å². The van der Waals surface area contributed by atoms with Gasteiger partial charge in [0.05, 0.1) is 5.56 Å². The van der Waals surface area contributed by atoms with Crippen molar-refractivity contribution >= 4 is 0 Å². The standard InChI is InChI=1S/C10H8F3NO/c1-7-2-3-9(8(4-7)5-14)15-6-10(11,12)13/h2-4H,6H2,1H3. The average Bonchev–Trinajstić information content (AvgIpc) is 2.14. The second-order valence-corrected chi connectivity index (χ2v) is 3.02. The van der Waals surface area contributed by atoms with Crippen LogP contribution in [0.3, 0.4) is 0 Å². The van der Waals surface area contributed by atoms with Crippen molar-refractivity contribution in [3.8, 4) is 11.8 Å². The first-order valence-corrected chi connectivity index (χ1v) is 4.12. The lowest BCUT2D eigenvalue weighted by Gasteiger charge is -2.10. The molecule has 0 saturated heterocycles. The van der Waals surface area contributed by atoms with E-state index in [0.29, 0.717) is 0 Å². The van der Waals surface area contributed by atoms with Crippen LogP contribution in [0.5, 0.6) is 5.75 Å². The summed E-state index contributed by atoms with van der Waals surface area (Å²) in [5.41, 5.74) is 0.908. The molecule has 0 aliphatic carbocycles. The van der Waals surface area contributed by atoms with Gasteiger partial charge in [-0.15, -0.1) is 0 Å². The molecule has 1 aromatic rings. The van der Waals surface area contributed by atoms with E-state index in [1.54, 1.807) is 19.1 Å². The molecule has 0 aromatic heterocycles. The zero-order chi connectivity index (χ0) is 11.5. The van der Waals surface area contributed by atoms with E-state index in [9.17, 15) is 13.2 Å². The number of rotatable bonds is 2. The lowest BCUT2D eigenvalue weighted by atomic mass is 10.1. The van der Waals surface area contributed by atoms with Gasteiger partial charge in [-0.2, -0.15) is 18.4 Å². The molecule has 0 aliphatic heterocycles. The SMILES string of the molecule is Cc1ccc(OCC(F)(F)F)c(C#N)c1. The van der Waals surface area contributed by atoms with Crippen LogP contribution in [0.25, 0.3) is 0 Å². The first kappa shape index (κ1) is 11.4. The van der Waals surface area contributed by atoms with Crippen LogP contribution in [-0.2, 0) is 0 Å². The Morgan fingerprint density at radius 3 is 2.60 bits per heavy atom.